The summed E-state index contributed by atoms with van der Waals surface area (Å²) in [5.41, 5.74) is 7.02. The van der Waals surface area contributed by atoms with Crippen LogP contribution in [0, 0.1) is 5.92 Å². The highest BCUT2D eigenvalue weighted by molar-refractivity contribution is 6.30. The van der Waals surface area contributed by atoms with Gasteiger partial charge in [-0.25, -0.2) is 0 Å². The highest BCUT2D eigenvalue weighted by atomic mass is 35.5. The first kappa shape index (κ1) is 11.7. The summed E-state index contributed by atoms with van der Waals surface area (Å²) in [5, 5.41) is 0.811. The molecule has 1 heterocycles. The highest BCUT2D eigenvalue weighted by Crippen LogP contribution is 2.24. The molecule has 0 spiro atoms. The summed E-state index contributed by atoms with van der Waals surface area (Å²) in [6, 6.07) is 8.11. The van der Waals surface area contributed by atoms with Crippen molar-refractivity contribution < 1.29 is 0 Å². The van der Waals surface area contributed by atoms with E-state index in [9.17, 15) is 0 Å². The highest BCUT2D eigenvalue weighted by Gasteiger charge is 2.17. The summed E-state index contributed by atoms with van der Waals surface area (Å²) in [4.78, 5) is 2.41. The molecule has 2 rings (SSSR count). The maximum absolute atomic E-state index is 6.02. The van der Waals surface area contributed by atoms with Gasteiger partial charge in [0.25, 0.3) is 0 Å². The maximum atomic E-state index is 6.02. The molecule has 1 aromatic rings. The zero-order chi connectivity index (χ0) is 11.4. The van der Waals surface area contributed by atoms with E-state index in [1.165, 1.54) is 24.9 Å². The molecular weight excluding hydrogens is 220 g/mol. The molecule has 0 aliphatic carbocycles. The van der Waals surface area contributed by atoms with Crippen molar-refractivity contribution in [2.45, 2.75) is 19.3 Å². The van der Waals surface area contributed by atoms with Crippen molar-refractivity contribution >= 4 is 17.3 Å². The average molecular weight is 239 g/mol. The zero-order valence-corrected chi connectivity index (χ0v) is 10.3. The molecule has 1 atom stereocenters. The van der Waals surface area contributed by atoms with E-state index in [-0.39, 0.29) is 0 Å². The van der Waals surface area contributed by atoms with E-state index in [1.807, 2.05) is 18.2 Å². The van der Waals surface area contributed by atoms with Crippen LogP contribution in [0.5, 0.6) is 0 Å². The third kappa shape index (κ3) is 2.89. The Kier molecular flexibility index (Phi) is 4.08. The van der Waals surface area contributed by atoms with Crippen LogP contribution in [0.3, 0.4) is 0 Å². The van der Waals surface area contributed by atoms with Crippen molar-refractivity contribution in [3.63, 3.8) is 0 Å². The number of anilines is 1. The molecule has 88 valence electrons. The summed E-state index contributed by atoms with van der Waals surface area (Å²) >= 11 is 6.02. The van der Waals surface area contributed by atoms with E-state index < -0.39 is 0 Å². The molecule has 0 radical (unpaired) electrons. The number of hydrogen-bond donors (Lipinski definition) is 1. The van der Waals surface area contributed by atoms with E-state index in [1.54, 1.807) is 0 Å². The average Bonchev–Trinajstić information content (AvgIpc) is 2.54. The Morgan fingerprint density at radius 2 is 2.25 bits per heavy atom. The fourth-order valence-corrected chi connectivity index (χ4v) is 2.51. The molecule has 0 aromatic heterocycles. The summed E-state index contributed by atoms with van der Waals surface area (Å²) in [6.07, 6.45) is 3.80. The van der Waals surface area contributed by atoms with Gasteiger partial charge >= 0.3 is 0 Å². The van der Waals surface area contributed by atoms with E-state index in [0.29, 0.717) is 5.92 Å². The predicted octanol–water partition coefficient (Wildman–Crippen LogP) is 2.91. The molecular formula is C13H19ClN2. The Morgan fingerprint density at radius 3 is 3.00 bits per heavy atom. The Labute approximate surface area is 102 Å². The monoisotopic (exact) mass is 238 g/mol. The van der Waals surface area contributed by atoms with Crippen LogP contribution >= 0.6 is 11.6 Å². The Morgan fingerprint density at radius 1 is 1.38 bits per heavy atom. The van der Waals surface area contributed by atoms with Gasteiger partial charge in [-0.1, -0.05) is 24.1 Å². The summed E-state index contributed by atoms with van der Waals surface area (Å²) in [5.74, 6) is 0.626. The van der Waals surface area contributed by atoms with Gasteiger partial charge in [0.15, 0.2) is 0 Å². The smallest absolute Gasteiger partial charge is 0.0426 e. The third-order valence-corrected chi connectivity index (χ3v) is 3.51. The second-order valence-corrected chi connectivity index (χ2v) is 4.96. The molecule has 1 aliphatic heterocycles. The predicted molar refractivity (Wildman–Crippen MR) is 70.1 cm³/mol. The fourth-order valence-electron chi connectivity index (χ4n) is 2.33. The quantitative estimate of drug-likeness (QED) is 0.859. The summed E-state index contributed by atoms with van der Waals surface area (Å²) < 4.78 is 0. The van der Waals surface area contributed by atoms with Gasteiger partial charge in [-0.05, 0) is 43.5 Å². The molecule has 1 aliphatic rings. The lowest BCUT2D eigenvalue weighted by molar-refractivity contribution is 0.508. The minimum Gasteiger partial charge on any atom is -0.371 e. The van der Waals surface area contributed by atoms with Crippen LogP contribution in [0.1, 0.15) is 19.3 Å². The minimum atomic E-state index is 0.626. The molecule has 1 unspecified atom stereocenters. The molecule has 2 nitrogen and oxygen atoms in total. The van der Waals surface area contributed by atoms with Crippen molar-refractivity contribution in [1.82, 2.24) is 0 Å². The van der Waals surface area contributed by atoms with Crippen molar-refractivity contribution in [3.8, 4) is 0 Å². The van der Waals surface area contributed by atoms with E-state index in [0.717, 1.165) is 24.7 Å². The topological polar surface area (TPSA) is 29.3 Å². The lowest BCUT2D eigenvalue weighted by Crippen LogP contribution is -2.31. The second-order valence-electron chi connectivity index (χ2n) is 4.52. The second kappa shape index (κ2) is 5.55. The van der Waals surface area contributed by atoms with Gasteiger partial charge in [0.1, 0.15) is 0 Å². The summed E-state index contributed by atoms with van der Waals surface area (Å²) in [7, 11) is 0. The number of nitrogens with two attached hydrogens (primary N) is 1. The Hall–Kier alpha value is -0.730. The van der Waals surface area contributed by atoms with Crippen LogP contribution in [0.25, 0.3) is 0 Å². The van der Waals surface area contributed by atoms with Crippen molar-refractivity contribution in [3.05, 3.63) is 29.3 Å². The standard InChI is InChI=1S/C13H19ClN2/c14-12-5-3-6-13(8-12)16-7-2-1-4-11(9-15)10-16/h3,5-6,8,11H,1-2,4,7,9-10,15H2. The van der Waals surface area contributed by atoms with Crippen molar-refractivity contribution in [1.29, 1.82) is 0 Å². The molecule has 2 N–H and O–H groups in total. The Balaban J connectivity index is 2.12. The third-order valence-electron chi connectivity index (χ3n) is 3.28. The molecule has 1 fully saturated rings. The van der Waals surface area contributed by atoms with Crippen LogP contribution < -0.4 is 10.6 Å². The fraction of sp³-hybridized carbons (Fsp3) is 0.538. The van der Waals surface area contributed by atoms with E-state index in [2.05, 4.69) is 11.0 Å². The number of hydrogen-bond acceptors (Lipinski definition) is 2. The molecule has 0 saturated carbocycles. The first-order valence-corrected chi connectivity index (χ1v) is 6.38. The van der Waals surface area contributed by atoms with Crippen LogP contribution in [-0.2, 0) is 0 Å². The van der Waals surface area contributed by atoms with Crippen molar-refractivity contribution in [2.24, 2.45) is 11.7 Å². The Bertz CT molecular complexity index is 340. The largest absolute Gasteiger partial charge is 0.371 e. The molecule has 1 aromatic carbocycles. The zero-order valence-electron chi connectivity index (χ0n) is 9.53. The van der Waals surface area contributed by atoms with Gasteiger partial charge in [-0.3, -0.25) is 0 Å². The van der Waals surface area contributed by atoms with Gasteiger partial charge in [0, 0.05) is 23.8 Å². The summed E-state index contributed by atoms with van der Waals surface area (Å²) in [6.45, 7) is 2.98. The van der Waals surface area contributed by atoms with Crippen molar-refractivity contribution in [2.75, 3.05) is 24.5 Å². The molecule has 1 saturated heterocycles. The number of benzene rings is 1. The molecule has 3 heteroatoms. The molecule has 0 bridgehead atoms. The van der Waals surface area contributed by atoms with E-state index >= 15 is 0 Å². The number of halogens is 1. The van der Waals surface area contributed by atoms with Crippen LogP contribution in [0.4, 0.5) is 5.69 Å². The molecule has 0 amide bonds. The van der Waals surface area contributed by atoms with Gasteiger partial charge in [0.2, 0.25) is 0 Å². The van der Waals surface area contributed by atoms with Crippen LogP contribution in [0.15, 0.2) is 24.3 Å². The van der Waals surface area contributed by atoms with Gasteiger partial charge in [-0.2, -0.15) is 0 Å². The van der Waals surface area contributed by atoms with E-state index in [4.69, 9.17) is 17.3 Å². The number of nitrogens with zero attached hydrogens (tertiary/aromatic N) is 1. The van der Waals surface area contributed by atoms with Gasteiger partial charge in [0.05, 0.1) is 0 Å². The minimum absolute atomic E-state index is 0.626. The lowest BCUT2D eigenvalue weighted by atomic mass is 10.0. The lowest BCUT2D eigenvalue weighted by Gasteiger charge is -2.26. The number of rotatable bonds is 2. The van der Waals surface area contributed by atoms with Gasteiger partial charge in [-0.15, -0.1) is 0 Å². The van der Waals surface area contributed by atoms with Crippen LogP contribution in [0.2, 0.25) is 5.02 Å². The first-order valence-electron chi connectivity index (χ1n) is 6.00. The van der Waals surface area contributed by atoms with Gasteiger partial charge < -0.3 is 10.6 Å². The first-order chi connectivity index (χ1) is 7.79. The maximum Gasteiger partial charge on any atom is 0.0426 e. The molecule has 16 heavy (non-hydrogen) atoms. The SMILES string of the molecule is NCC1CCCCN(c2cccc(Cl)c2)C1. The van der Waals surface area contributed by atoms with Crippen LogP contribution in [-0.4, -0.2) is 19.6 Å². The normalized spacial score (nSPS) is 21.9.